The second-order valence-corrected chi connectivity index (χ2v) is 23.5. The first-order valence-corrected chi connectivity index (χ1v) is 22.8. The molecule has 1 atom stereocenters. The third kappa shape index (κ3) is 8.74. The van der Waals surface area contributed by atoms with Gasteiger partial charge in [0.15, 0.2) is 0 Å². The van der Waals surface area contributed by atoms with Crippen molar-refractivity contribution in [1.29, 1.82) is 0 Å². The molecule has 4 fully saturated rings. The standard InChI is InChI=1S/C58H69.2ClH.Zr/c1-34-24-40(51-41-26-35-25-36(28-41)29-42(51)27-35)31-46(34)53-49-30-39-18-23-45(57(8,9)10)32-47(39)48(49)33-50(58(11,12)13)54(53)52(37-14-19-43(20-15-37)55(2,3)4)38-16-21-44(22-17-38)56(5,6)7;;;/h14-24,31-36,41-42,51H,25-29H2,1-13H3;2*1H;/q-1;;;+3/p-2. The second-order valence-electron chi connectivity index (χ2n) is 23.5. The fraction of sp³-hybridized carbons (Fsp3) is 0.483. The third-order valence-corrected chi connectivity index (χ3v) is 15.1. The van der Waals surface area contributed by atoms with Crippen molar-refractivity contribution < 1.29 is 51.0 Å². The molecule has 4 aromatic carbocycles. The van der Waals surface area contributed by atoms with E-state index in [1.54, 1.807) is 5.57 Å². The van der Waals surface area contributed by atoms with Crippen molar-refractivity contribution in [2.24, 2.45) is 35.5 Å². The van der Waals surface area contributed by atoms with E-state index in [-0.39, 0.29) is 72.7 Å². The van der Waals surface area contributed by atoms with Crippen molar-refractivity contribution in [3.05, 3.63) is 156 Å². The third-order valence-electron chi connectivity index (χ3n) is 15.1. The molecule has 6 aliphatic rings. The number of halogens is 2. The SMILES string of the molecule is CC1C=C(C2C3CC4CC(C3)CC2C4)C=C1c1c2c(cc(C(C)(C)C)c1=C(c1ccc(C(C)(C)C)cc1)c1ccc(C(C)(C)C)cc1)=c1cc(C(C)(C)C)ccc1=[C-]2.[Cl-].[Cl-].[Zr+3]. The molecular weight excluding hydrogens is 859 g/mol. The summed E-state index contributed by atoms with van der Waals surface area (Å²) in [5.74, 6) is 4.72. The summed E-state index contributed by atoms with van der Waals surface area (Å²) in [6.07, 6.45) is 16.9. The molecule has 0 heterocycles. The molecule has 10 rings (SSSR count). The molecule has 0 N–H and O–H groups in total. The fourth-order valence-corrected chi connectivity index (χ4v) is 12.1. The Kier molecular flexibility index (Phi) is 13.3. The van der Waals surface area contributed by atoms with E-state index >= 15 is 0 Å². The minimum atomic E-state index is -0.120. The van der Waals surface area contributed by atoms with Gasteiger partial charge in [0.2, 0.25) is 0 Å². The molecule has 4 aromatic rings. The fourth-order valence-electron chi connectivity index (χ4n) is 12.1. The zero-order chi connectivity index (χ0) is 41.3. The summed E-state index contributed by atoms with van der Waals surface area (Å²) in [6, 6.07) is 29.0. The molecule has 6 aliphatic carbocycles. The van der Waals surface area contributed by atoms with Crippen molar-refractivity contribution >= 4 is 17.2 Å². The average Bonchev–Trinajstić information content (AvgIpc) is 3.69. The summed E-state index contributed by atoms with van der Waals surface area (Å²) in [7, 11) is 0. The number of hydrogen-bond donors (Lipinski definition) is 0. The van der Waals surface area contributed by atoms with Gasteiger partial charge in [-0.15, -0.1) is 33.4 Å². The molecular formula is C58H69Cl2Zr. The van der Waals surface area contributed by atoms with Crippen LogP contribution >= 0.6 is 0 Å². The molecule has 0 amide bonds. The van der Waals surface area contributed by atoms with Crippen LogP contribution in [0.5, 0.6) is 0 Å². The minimum absolute atomic E-state index is 0. The maximum absolute atomic E-state index is 4.13. The van der Waals surface area contributed by atoms with Crippen molar-refractivity contribution in [2.45, 2.75) is 144 Å². The van der Waals surface area contributed by atoms with Crippen LogP contribution in [0.15, 0.2) is 90.5 Å². The van der Waals surface area contributed by atoms with Gasteiger partial charge in [0.25, 0.3) is 0 Å². The van der Waals surface area contributed by atoms with E-state index in [9.17, 15) is 0 Å². The molecule has 3 heteroatoms. The second kappa shape index (κ2) is 16.8. The molecule has 1 unspecified atom stereocenters. The van der Waals surface area contributed by atoms with Gasteiger partial charge in [0.05, 0.1) is 0 Å². The number of allylic oxidation sites excluding steroid dienone is 4. The van der Waals surface area contributed by atoms with E-state index in [1.807, 2.05) is 0 Å². The van der Waals surface area contributed by atoms with Crippen LogP contribution < -0.4 is 35.3 Å². The number of rotatable bonds is 4. The summed E-state index contributed by atoms with van der Waals surface area (Å²) in [4.78, 5) is 0. The number of benzene rings is 4. The summed E-state index contributed by atoms with van der Waals surface area (Å²) >= 11 is 0. The molecule has 319 valence electrons. The largest absolute Gasteiger partial charge is 3.00 e. The van der Waals surface area contributed by atoms with Gasteiger partial charge in [-0.3, -0.25) is 0 Å². The quantitative estimate of drug-likeness (QED) is 0.164. The van der Waals surface area contributed by atoms with E-state index in [0.29, 0.717) is 11.8 Å². The van der Waals surface area contributed by atoms with Crippen molar-refractivity contribution in [3.8, 4) is 0 Å². The van der Waals surface area contributed by atoms with Crippen LogP contribution in [0.4, 0.5) is 0 Å². The number of fused-ring (bicyclic) bond motifs is 2. The zero-order valence-corrected chi connectivity index (χ0v) is 43.3. The van der Waals surface area contributed by atoms with Crippen LogP contribution in [0.1, 0.15) is 167 Å². The Hall–Kier alpha value is -2.44. The van der Waals surface area contributed by atoms with Crippen molar-refractivity contribution in [3.63, 3.8) is 0 Å². The number of hydrogen-bond acceptors (Lipinski definition) is 0. The van der Waals surface area contributed by atoms with Gasteiger partial charge in [-0.2, -0.15) is 0 Å². The molecule has 0 spiro atoms. The first-order valence-electron chi connectivity index (χ1n) is 22.8. The molecule has 4 saturated carbocycles. The Balaban J connectivity index is 0.00000207. The first-order chi connectivity index (χ1) is 27.1. The topological polar surface area (TPSA) is 0 Å². The van der Waals surface area contributed by atoms with Gasteiger partial charge in [0.1, 0.15) is 0 Å². The summed E-state index contributed by atoms with van der Waals surface area (Å²) in [5, 5.41) is 5.32. The summed E-state index contributed by atoms with van der Waals surface area (Å²) in [5.41, 5.74) is 15.4. The van der Waals surface area contributed by atoms with Crippen LogP contribution in [0.3, 0.4) is 0 Å². The van der Waals surface area contributed by atoms with E-state index in [2.05, 4.69) is 181 Å². The maximum atomic E-state index is 4.13. The van der Waals surface area contributed by atoms with Gasteiger partial charge in [-0.1, -0.05) is 186 Å². The van der Waals surface area contributed by atoms with E-state index < -0.39 is 0 Å². The van der Waals surface area contributed by atoms with Gasteiger partial charge in [-0.05, 0) is 133 Å². The Morgan fingerprint density at radius 2 is 1.03 bits per heavy atom. The van der Waals surface area contributed by atoms with Gasteiger partial charge in [-0.25, -0.2) is 0 Å². The Labute approximate surface area is 400 Å². The Morgan fingerprint density at radius 1 is 0.557 bits per heavy atom. The minimum Gasteiger partial charge on any atom is -1.00 e. The molecule has 1 radical (unpaired) electrons. The maximum Gasteiger partial charge on any atom is 3.00 e. The first kappa shape index (κ1) is 48.0. The molecule has 0 aromatic heterocycles. The van der Waals surface area contributed by atoms with E-state index in [0.717, 1.165) is 23.7 Å². The molecule has 0 nitrogen and oxygen atoms in total. The molecule has 0 saturated heterocycles. The van der Waals surface area contributed by atoms with Gasteiger partial charge < -0.3 is 24.8 Å². The van der Waals surface area contributed by atoms with Crippen molar-refractivity contribution in [1.82, 2.24) is 0 Å². The predicted octanol–water partition coefficient (Wildman–Crippen LogP) is 7.47. The van der Waals surface area contributed by atoms with Crippen molar-refractivity contribution in [2.75, 3.05) is 0 Å². The summed E-state index contributed by atoms with van der Waals surface area (Å²) in [6.45, 7) is 30.8. The molecule has 0 aliphatic heterocycles. The zero-order valence-electron chi connectivity index (χ0n) is 39.3. The molecule has 61 heavy (non-hydrogen) atoms. The van der Waals surface area contributed by atoms with Crippen LogP contribution in [-0.4, -0.2) is 0 Å². The van der Waals surface area contributed by atoms with E-state index in [1.165, 1.54) is 109 Å². The van der Waals surface area contributed by atoms with Crippen LogP contribution in [0, 0.1) is 45.9 Å². The average molecular weight is 928 g/mol. The summed E-state index contributed by atoms with van der Waals surface area (Å²) < 4.78 is 0. The van der Waals surface area contributed by atoms with Gasteiger partial charge >= 0.3 is 26.2 Å². The smallest absolute Gasteiger partial charge is 1.00 e. The molecule has 4 bridgehead atoms. The van der Waals surface area contributed by atoms with Crippen LogP contribution in [0.25, 0.3) is 17.2 Å². The monoisotopic (exact) mass is 925 g/mol. The van der Waals surface area contributed by atoms with Crippen LogP contribution in [-0.2, 0) is 47.9 Å². The van der Waals surface area contributed by atoms with Gasteiger partial charge in [0, 0.05) is 0 Å². The Bertz CT molecular complexity index is 2510. The normalized spacial score (nSPS) is 23.8. The predicted molar refractivity (Wildman–Crippen MR) is 247 cm³/mol. The Morgan fingerprint density at radius 3 is 1.49 bits per heavy atom. The van der Waals surface area contributed by atoms with E-state index in [4.69, 9.17) is 0 Å². The van der Waals surface area contributed by atoms with Crippen LogP contribution in [0.2, 0.25) is 0 Å².